The van der Waals surface area contributed by atoms with Gasteiger partial charge in [0.25, 0.3) is 5.91 Å². The smallest absolute Gasteiger partial charge is 0.405 e. The molecule has 0 aliphatic heterocycles. The number of carbonyl (C=O) groups is 2. The van der Waals surface area contributed by atoms with Crippen LogP contribution in [0.3, 0.4) is 0 Å². The molecule has 4 aromatic carbocycles. The summed E-state index contributed by atoms with van der Waals surface area (Å²) in [7, 11) is 0. The summed E-state index contributed by atoms with van der Waals surface area (Å²) in [5.74, 6) is -0.171. The molecular formula is C37H39F3N6O3. The number of hydrogen-bond donors (Lipinski definition) is 5. The SMILES string of the molecule is CC(NC(=O)[C@H](CCCNCc1ccccc1OC(F)(F)F)NC(=O)c1ccc(CNCc2ncc[nH]2)cc1)c1cccc2ccccc12. The Morgan fingerprint density at radius 3 is 2.39 bits per heavy atom. The summed E-state index contributed by atoms with van der Waals surface area (Å²) < 4.78 is 42.6. The van der Waals surface area contributed by atoms with Crippen molar-refractivity contribution in [1.82, 2.24) is 31.2 Å². The van der Waals surface area contributed by atoms with Crippen molar-refractivity contribution in [3.8, 4) is 5.75 Å². The van der Waals surface area contributed by atoms with Crippen molar-refractivity contribution < 1.29 is 27.5 Å². The number of aromatic amines is 1. The van der Waals surface area contributed by atoms with Gasteiger partial charge in [0.1, 0.15) is 17.6 Å². The van der Waals surface area contributed by atoms with E-state index in [-0.39, 0.29) is 30.2 Å². The molecule has 2 amide bonds. The van der Waals surface area contributed by atoms with Crippen LogP contribution in [0.15, 0.2) is 103 Å². The van der Waals surface area contributed by atoms with Crippen LogP contribution in [0.2, 0.25) is 0 Å². The molecule has 0 aliphatic rings. The van der Waals surface area contributed by atoms with Crippen LogP contribution in [-0.4, -0.2) is 40.7 Å². The summed E-state index contributed by atoms with van der Waals surface area (Å²) in [6.45, 7) is 3.58. The lowest BCUT2D eigenvalue weighted by molar-refractivity contribution is -0.274. The molecule has 256 valence electrons. The molecule has 5 N–H and O–H groups in total. The number of H-pyrrole nitrogens is 1. The Morgan fingerprint density at radius 2 is 1.61 bits per heavy atom. The maximum absolute atomic E-state index is 13.7. The number of benzene rings is 4. The zero-order chi connectivity index (χ0) is 34.6. The molecule has 1 aromatic heterocycles. The van der Waals surface area contributed by atoms with Crippen molar-refractivity contribution in [2.75, 3.05) is 6.54 Å². The number of imidazole rings is 1. The molecule has 1 unspecified atom stereocenters. The number of para-hydroxylation sites is 1. The summed E-state index contributed by atoms with van der Waals surface area (Å²) in [6.07, 6.45) is -0.589. The van der Waals surface area contributed by atoms with Crippen molar-refractivity contribution in [2.24, 2.45) is 0 Å². The third kappa shape index (κ3) is 10.4. The van der Waals surface area contributed by atoms with Gasteiger partial charge in [-0.3, -0.25) is 9.59 Å². The van der Waals surface area contributed by atoms with Crippen molar-refractivity contribution in [1.29, 1.82) is 0 Å². The van der Waals surface area contributed by atoms with E-state index in [2.05, 4.69) is 36.0 Å². The van der Waals surface area contributed by atoms with Gasteiger partial charge in [-0.05, 0) is 66.4 Å². The summed E-state index contributed by atoms with van der Waals surface area (Å²) in [5, 5.41) is 14.5. The number of alkyl halides is 3. The molecule has 5 rings (SSSR count). The number of hydrogen-bond acceptors (Lipinski definition) is 6. The molecule has 0 bridgehead atoms. The summed E-state index contributed by atoms with van der Waals surface area (Å²) in [6, 6.07) is 25.7. The van der Waals surface area contributed by atoms with Crippen molar-refractivity contribution in [2.45, 2.75) is 57.8 Å². The van der Waals surface area contributed by atoms with Gasteiger partial charge in [-0.2, -0.15) is 0 Å². The lowest BCUT2D eigenvalue weighted by Crippen LogP contribution is -2.47. The Bertz CT molecular complexity index is 1810. The number of carbonyl (C=O) groups excluding carboxylic acids is 2. The van der Waals surface area contributed by atoms with E-state index in [0.717, 1.165) is 27.7 Å². The molecule has 2 atom stereocenters. The lowest BCUT2D eigenvalue weighted by atomic mass is 9.99. The normalized spacial score (nSPS) is 12.7. The summed E-state index contributed by atoms with van der Waals surface area (Å²) >= 11 is 0. The van der Waals surface area contributed by atoms with Crippen LogP contribution in [0.25, 0.3) is 10.8 Å². The van der Waals surface area contributed by atoms with E-state index in [1.165, 1.54) is 12.1 Å². The maximum atomic E-state index is 13.7. The van der Waals surface area contributed by atoms with Crippen molar-refractivity contribution in [3.05, 3.63) is 131 Å². The highest BCUT2D eigenvalue weighted by atomic mass is 19.4. The van der Waals surface area contributed by atoms with Crippen LogP contribution in [0.4, 0.5) is 13.2 Å². The van der Waals surface area contributed by atoms with Crippen LogP contribution in [0.1, 0.15) is 58.7 Å². The fourth-order valence-electron chi connectivity index (χ4n) is 5.55. The minimum Gasteiger partial charge on any atom is -0.405 e. The molecule has 0 fully saturated rings. The van der Waals surface area contributed by atoms with E-state index in [0.29, 0.717) is 43.6 Å². The first-order valence-electron chi connectivity index (χ1n) is 16.1. The Hall–Kier alpha value is -5.20. The monoisotopic (exact) mass is 672 g/mol. The van der Waals surface area contributed by atoms with E-state index in [9.17, 15) is 22.8 Å². The fraction of sp³-hybridized carbons (Fsp3) is 0.270. The molecule has 0 radical (unpaired) electrons. The topological polar surface area (TPSA) is 120 Å². The molecule has 0 saturated carbocycles. The largest absolute Gasteiger partial charge is 0.573 e. The summed E-state index contributed by atoms with van der Waals surface area (Å²) in [5.41, 5.74) is 2.70. The number of halogens is 3. The van der Waals surface area contributed by atoms with Crippen LogP contribution in [-0.2, 0) is 24.4 Å². The van der Waals surface area contributed by atoms with E-state index in [1.54, 1.807) is 36.7 Å². The predicted octanol–water partition coefficient (Wildman–Crippen LogP) is 6.30. The number of ether oxygens (including phenoxy) is 1. The van der Waals surface area contributed by atoms with Gasteiger partial charge in [0.05, 0.1) is 12.6 Å². The molecule has 0 saturated heterocycles. The van der Waals surface area contributed by atoms with E-state index < -0.39 is 12.4 Å². The van der Waals surface area contributed by atoms with E-state index in [4.69, 9.17) is 0 Å². The van der Waals surface area contributed by atoms with Gasteiger partial charge in [0.15, 0.2) is 0 Å². The van der Waals surface area contributed by atoms with Gasteiger partial charge < -0.3 is 31.0 Å². The number of nitrogens with one attached hydrogen (secondary N) is 5. The van der Waals surface area contributed by atoms with Crippen molar-refractivity contribution in [3.63, 3.8) is 0 Å². The molecule has 0 spiro atoms. The van der Waals surface area contributed by atoms with E-state index >= 15 is 0 Å². The highest BCUT2D eigenvalue weighted by Crippen LogP contribution is 2.26. The Kier molecular flexibility index (Phi) is 12.0. The first kappa shape index (κ1) is 35.1. The molecule has 1 heterocycles. The fourth-order valence-corrected chi connectivity index (χ4v) is 5.55. The highest BCUT2D eigenvalue weighted by molar-refractivity contribution is 5.97. The minimum atomic E-state index is -4.80. The van der Waals surface area contributed by atoms with Crippen LogP contribution >= 0.6 is 0 Å². The van der Waals surface area contributed by atoms with Crippen LogP contribution < -0.4 is 26.0 Å². The van der Waals surface area contributed by atoms with Crippen molar-refractivity contribution >= 4 is 22.6 Å². The minimum absolute atomic E-state index is 0.135. The molecule has 0 aliphatic carbocycles. The second-order valence-corrected chi connectivity index (χ2v) is 11.6. The first-order valence-corrected chi connectivity index (χ1v) is 16.1. The standard InChI is InChI=1S/C37H39F3N6O3/c1-25(30-12-6-10-27-8-2-4-11-31(27)30)45-36(48)32(13-7-19-41-23-29-9-3-5-14-33(29)49-37(38,39)40)46-35(47)28-17-15-26(16-18-28)22-42-24-34-43-20-21-44-34/h2-6,8-12,14-18,20-21,25,32,41-42H,7,13,19,22-24H2,1H3,(H,43,44)(H,45,48)(H,46,47)/t25?,32-/m0/s1. The van der Waals surface area contributed by atoms with Gasteiger partial charge in [-0.25, -0.2) is 4.98 Å². The number of nitrogens with zero attached hydrogens (tertiary/aromatic N) is 1. The Morgan fingerprint density at radius 1 is 0.857 bits per heavy atom. The third-order valence-corrected chi connectivity index (χ3v) is 8.02. The number of rotatable bonds is 16. The van der Waals surface area contributed by atoms with Crippen LogP contribution in [0, 0.1) is 0 Å². The quantitative estimate of drug-likeness (QED) is 0.0786. The zero-order valence-electron chi connectivity index (χ0n) is 27.0. The zero-order valence-corrected chi connectivity index (χ0v) is 27.0. The average Bonchev–Trinajstić information content (AvgIpc) is 3.61. The Labute approximate surface area is 282 Å². The molecule has 5 aromatic rings. The predicted molar refractivity (Wildman–Crippen MR) is 181 cm³/mol. The van der Waals surface area contributed by atoms with Gasteiger partial charge in [0, 0.05) is 36.6 Å². The number of amides is 2. The Balaban J connectivity index is 1.21. The molecule has 9 nitrogen and oxygen atoms in total. The lowest BCUT2D eigenvalue weighted by Gasteiger charge is -2.23. The third-order valence-electron chi connectivity index (χ3n) is 8.02. The second kappa shape index (κ2) is 16.8. The average molecular weight is 673 g/mol. The van der Waals surface area contributed by atoms with E-state index in [1.807, 2.05) is 61.5 Å². The van der Waals surface area contributed by atoms with Crippen LogP contribution in [0.5, 0.6) is 5.75 Å². The number of aromatic nitrogens is 2. The van der Waals surface area contributed by atoms with Gasteiger partial charge in [0.2, 0.25) is 5.91 Å². The number of fused-ring (bicyclic) bond motifs is 1. The first-order chi connectivity index (χ1) is 23.7. The maximum Gasteiger partial charge on any atom is 0.573 e. The molecular weight excluding hydrogens is 633 g/mol. The van der Waals surface area contributed by atoms with Gasteiger partial charge in [-0.15, -0.1) is 13.2 Å². The second-order valence-electron chi connectivity index (χ2n) is 11.6. The van der Waals surface area contributed by atoms with Gasteiger partial charge >= 0.3 is 6.36 Å². The molecule has 12 heteroatoms. The molecule has 49 heavy (non-hydrogen) atoms. The summed E-state index contributed by atoms with van der Waals surface area (Å²) in [4.78, 5) is 34.3. The highest BCUT2D eigenvalue weighted by Gasteiger charge is 2.32. The van der Waals surface area contributed by atoms with Gasteiger partial charge in [-0.1, -0.05) is 72.8 Å².